The summed E-state index contributed by atoms with van der Waals surface area (Å²) in [6.07, 6.45) is 1.79. The Labute approximate surface area is 121 Å². The van der Waals surface area contributed by atoms with Crippen molar-refractivity contribution in [3.63, 3.8) is 0 Å². The van der Waals surface area contributed by atoms with Crippen LogP contribution in [0.3, 0.4) is 0 Å². The van der Waals surface area contributed by atoms with E-state index in [0.717, 1.165) is 18.4 Å². The van der Waals surface area contributed by atoms with Crippen LogP contribution < -0.4 is 0 Å². The maximum atomic E-state index is 12.5. The highest BCUT2D eigenvalue weighted by molar-refractivity contribution is 5.94. The van der Waals surface area contributed by atoms with Crippen LogP contribution in [-0.4, -0.2) is 42.2 Å². The molecule has 4 heteroatoms. The fourth-order valence-corrected chi connectivity index (χ4v) is 2.36. The molecule has 4 nitrogen and oxygen atoms in total. The minimum absolute atomic E-state index is 0.00992. The summed E-state index contributed by atoms with van der Waals surface area (Å²) in [5.41, 5.74) is 1.70. The minimum atomic E-state index is -0.0169. The van der Waals surface area contributed by atoms with E-state index in [-0.39, 0.29) is 18.6 Å². The lowest BCUT2D eigenvalue weighted by molar-refractivity contribution is 0.0622. The predicted molar refractivity (Wildman–Crippen MR) is 79.6 cm³/mol. The van der Waals surface area contributed by atoms with E-state index in [1.807, 2.05) is 24.3 Å². The van der Waals surface area contributed by atoms with Crippen molar-refractivity contribution in [1.29, 1.82) is 0 Å². The van der Waals surface area contributed by atoms with E-state index in [1.54, 1.807) is 12.0 Å². The van der Waals surface area contributed by atoms with Gasteiger partial charge in [0.2, 0.25) is 0 Å². The van der Waals surface area contributed by atoms with Crippen molar-refractivity contribution in [2.45, 2.75) is 39.3 Å². The standard InChI is InChI=1S/C16H25NO3/c1-4-15(5-2)17(10-11-18)16(19)14-8-6-13(7-9-14)12-20-3/h6-9,15,18H,4-5,10-12H2,1-3H3. The normalized spacial score (nSPS) is 10.8. The van der Waals surface area contributed by atoms with Gasteiger partial charge in [0.15, 0.2) is 0 Å². The molecule has 0 aromatic heterocycles. The van der Waals surface area contributed by atoms with E-state index in [4.69, 9.17) is 4.74 Å². The van der Waals surface area contributed by atoms with E-state index in [2.05, 4.69) is 13.8 Å². The molecule has 0 bridgehead atoms. The zero-order valence-electron chi connectivity index (χ0n) is 12.6. The number of carbonyl (C=O) groups excluding carboxylic acids is 1. The van der Waals surface area contributed by atoms with Crippen molar-refractivity contribution < 1.29 is 14.6 Å². The number of aliphatic hydroxyl groups is 1. The van der Waals surface area contributed by atoms with Gasteiger partial charge in [0.1, 0.15) is 0 Å². The molecule has 0 radical (unpaired) electrons. The number of nitrogens with zero attached hydrogens (tertiary/aromatic N) is 1. The summed E-state index contributed by atoms with van der Waals surface area (Å²) >= 11 is 0. The molecular weight excluding hydrogens is 254 g/mol. The van der Waals surface area contributed by atoms with Gasteiger partial charge in [-0.15, -0.1) is 0 Å². The number of hydrogen-bond acceptors (Lipinski definition) is 3. The molecule has 1 rings (SSSR count). The molecule has 0 aliphatic heterocycles. The lowest BCUT2D eigenvalue weighted by atomic mass is 10.1. The maximum absolute atomic E-state index is 12.5. The number of carbonyl (C=O) groups is 1. The molecule has 112 valence electrons. The number of aliphatic hydroxyl groups excluding tert-OH is 1. The van der Waals surface area contributed by atoms with Gasteiger partial charge in [-0.05, 0) is 30.5 Å². The lowest BCUT2D eigenvalue weighted by Crippen LogP contribution is -2.41. The zero-order valence-corrected chi connectivity index (χ0v) is 12.6. The van der Waals surface area contributed by atoms with Crippen LogP contribution in [0.5, 0.6) is 0 Å². The van der Waals surface area contributed by atoms with E-state index in [9.17, 15) is 9.90 Å². The molecule has 0 aliphatic carbocycles. The highest BCUT2D eigenvalue weighted by atomic mass is 16.5. The van der Waals surface area contributed by atoms with Crippen molar-refractivity contribution in [3.8, 4) is 0 Å². The van der Waals surface area contributed by atoms with E-state index >= 15 is 0 Å². The molecular formula is C16H25NO3. The fraction of sp³-hybridized carbons (Fsp3) is 0.562. The third-order valence-electron chi connectivity index (χ3n) is 3.50. The number of hydrogen-bond donors (Lipinski definition) is 1. The van der Waals surface area contributed by atoms with Gasteiger partial charge in [0, 0.05) is 25.3 Å². The third-order valence-corrected chi connectivity index (χ3v) is 3.50. The van der Waals surface area contributed by atoms with Gasteiger partial charge in [-0.1, -0.05) is 26.0 Å². The van der Waals surface area contributed by atoms with Gasteiger partial charge in [-0.2, -0.15) is 0 Å². The van der Waals surface area contributed by atoms with E-state index in [1.165, 1.54) is 0 Å². The lowest BCUT2D eigenvalue weighted by Gasteiger charge is -2.30. The molecule has 0 fully saturated rings. The first kappa shape index (κ1) is 16.7. The topological polar surface area (TPSA) is 49.8 Å². The molecule has 20 heavy (non-hydrogen) atoms. The number of rotatable bonds is 8. The molecule has 1 aromatic rings. The molecule has 0 atom stereocenters. The van der Waals surface area contributed by atoms with Crippen LogP contribution in [0.1, 0.15) is 42.6 Å². The Balaban J connectivity index is 2.87. The summed E-state index contributed by atoms with van der Waals surface area (Å²) in [6.45, 7) is 5.04. The quantitative estimate of drug-likeness (QED) is 0.795. The summed E-state index contributed by atoms with van der Waals surface area (Å²) < 4.78 is 5.06. The van der Waals surface area contributed by atoms with Crippen LogP contribution >= 0.6 is 0 Å². The molecule has 0 unspecified atom stereocenters. The third kappa shape index (κ3) is 4.32. The number of benzene rings is 1. The first-order chi connectivity index (χ1) is 9.67. The van der Waals surface area contributed by atoms with Crippen molar-refractivity contribution >= 4 is 5.91 Å². The Morgan fingerprint density at radius 1 is 1.25 bits per heavy atom. The molecule has 1 N–H and O–H groups in total. The monoisotopic (exact) mass is 279 g/mol. The second-order valence-electron chi connectivity index (χ2n) is 4.82. The Hall–Kier alpha value is -1.39. The Morgan fingerprint density at radius 3 is 2.30 bits per heavy atom. The number of ether oxygens (including phenoxy) is 1. The highest BCUT2D eigenvalue weighted by Crippen LogP contribution is 2.14. The molecule has 0 aliphatic rings. The van der Waals surface area contributed by atoms with E-state index < -0.39 is 0 Å². The van der Waals surface area contributed by atoms with Crippen molar-refractivity contribution in [3.05, 3.63) is 35.4 Å². The molecule has 0 heterocycles. The van der Waals surface area contributed by atoms with Crippen molar-refractivity contribution in [2.75, 3.05) is 20.3 Å². The zero-order chi connectivity index (χ0) is 15.0. The van der Waals surface area contributed by atoms with Gasteiger partial charge < -0.3 is 14.7 Å². The minimum Gasteiger partial charge on any atom is -0.395 e. The van der Waals surface area contributed by atoms with Crippen LogP contribution in [0.2, 0.25) is 0 Å². The first-order valence-corrected chi connectivity index (χ1v) is 7.17. The van der Waals surface area contributed by atoms with Gasteiger partial charge in [0.05, 0.1) is 13.2 Å². The van der Waals surface area contributed by atoms with E-state index in [0.29, 0.717) is 18.7 Å². The molecule has 0 spiro atoms. The second kappa shape index (κ2) is 8.72. The number of methoxy groups -OCH3 is 1. The molecule has 0 saturated carbocycles. The molecule has 0 saturated heterocycles. The van der Waals surface area contributed by atoms with Crippen LogP contribution in [0.25, 0.3) is 0 Å². The Kier molecular flexibility index (Phi) is 7.26. The average molecular weight is 279 g/mol. The SMILES string of the molecule is CCC(CC)N(CCO)C(=O)c1ccc(COC)cc1. The fourth-order valence-electron chi connectivity index (χ4n) is 2.36. The van der Waals surface area contributed by atoms with Crippen LogP contribution in [0.4, 0.5) is 0 Å². The number of amides is 1. The predicted octanol–water partition coefficient (Wildman–Crippen LogP) is 2.46. The summed E-state index contributed by atoms with van der Waals surface area (Å²) in [5.74, 6) is -0.0169. The summed E-state index contributed by atoms with van der Waals surface area (Å²) in [4.78, 5) is 14.3. The van der Waals surface area contributed by atoms with Gasteiger partial charge in [-0.3, -0.25) is 4.79 Å². The van der Waals surface area contributed by atoms with Crippen LogP contribution in [-0.2, 0) is 11.3 Å². The highest BCUT2D eigenvalue weighted by Gasteiger charge is 2.21. The van der Waals surface area contributed by atoms with Gasteiger partial charge in [0.25, 0.3) is 5.91 Å². The molecule has 1 aromatic carbocycles. The van der Waals surface area contributed by atoms with Crippen LogP contribution in [0.15, 0.2) is 24.3 Å². The largest absolute Gasteiger partial charge is 0.395 e. The van der Waals surface area contributed by atoms with Crippen molar-refractivity contribution in [2.24, 2.45) is 0 Å². The van der Waals surface area contributed by atoms with Gasteiger partial charge in [-0.25, -0.2) is 0 Å². The van der Waals surface area contributed by atoms with Crippen molar-refractivity contribution in [1.82, 2.24) is 4.90 Å². The summed E-state index contributed by atoms with van der Waals surface area (Å²) in [5, 5.41) is 9.18. The average Bonchev–Trinajstić information content (AvgIpc) is 2.48. The maximum Gasteiger partial charge on any atom is 0.254 e. The Morgan fingerprint density at radius 2 is 1.85 bits per heavy atom. The smallest absolute Gasteiger partial charge is 0.254 e. The van der Waals surface area contributed by atoms with Gasteiger partial charge >= 0.3 is 0 Å². The van der Waals surface area contributed by atoms with Crippen LogP contribution in [0, 0.1) is 0 Å². The summed E-state index contributed by atoms with van der Waals surface area (Å²) in [6, 6.07) is 7.63. The summed E-state index contributed by atoms with van der Waals surface area (Å²) in [7, 11) is 1.65. The Bertz CT molecular complexity index is 399. The second-order valence-corrected chi connectivity index (χ2v) is 4.82. The first-order valence-electron chi connectivity index (χ1n) is 7.17. The molecule has 1 amide bonds.